The minimum absolute atomic E-state index is 0.0170. The fourth-order valence-corrected chi connectivity index (χ4v) is 1.65. The van der Waals surface area contributed by atoms with Gasteiger partial charge >= 0.3 is 0 Å². The summed E-state index contributed by atoms with van der Waals surface area (Å²) in [7, 11) is 0. The van der Waals surface area contributed by atoms with Crippen molar-refractivity contribution in [1.29, 1.82) is 0 Å². The molecule has 1 amide bonds. The maximum absolute atomic E-state index is 12.1. The van der Waals surface area contributed by atoms with Crippen LogP contribution in [0.4, 0.5) is 0 Å². The van der Waals surface area contributed by atoms with Gasteiger partial charge in [0.15, 0.2) is 0 Å². The molecular formula is C13H16N4O2. The van der Waals surface area contributed by atoms with Crippen LogP contribution >= 0.6 is 0 Å². The van der Waals surface area contributed by atoms with Crippen LogP contribution in [0.3, 0.4) is 0 Å². The summed E-state index contributed by atoms with van der Waals surface area (Å²) in [6.07, 6.45) is 4.44. The third-order valence-corrected chi connectivity index (χ3v) is 2.65. The molecule has 0 saturated carbocycles. The Balaban J connectivity index is 2.20. The summed E-state index contributed by atoms with van der Waals surface area (Å²) in [5.74, 6) is 0.187. The maximum atomic E-state index is 12.1. The molecule has 0 unspecified atom stereocenters. The zero-order valence-corrected chi connectivity index (χ0v) is 11.0. The predicted octanol–water partition coefficient (Wildman–Crippen LogP) is 0.564. The van der Waals surface area contributed by atoms with E-state index in [-0.39, 0.29) is 18.0 Å². The van der Waals surface area contributed by atoms with Crippen LogP contribution in [0.1, 0.15) is 13.8 Å². The third kappa shape index (κ3) is 3.15. The average molecular weight is 260 g/mol. The fraction of sp³-hybridized carbons (Fsp3) is 0.385. The van der Waals surface area contributed by atoms with E-state index in [0.29, 0.717) is 23.4 Å². The number of carbonyl (C=O) groups is 1. The average Bonchev–Trinajstić information content (AvgIpc) is 2.40. The van der Waals surface area contributed by atoms with Crippen molar-refractivity contribution in [3.05, 3.63) is 35.1 Å². The van der Waals surface area contributed by atoms with Crippen molar-refractivity contribution in [2.24, 2.45) is 5.92 Å². The largest absolute Gasteiger partial charge is 0.354 e. The molecule has 0 aromatic carbocycles. The second-order valence-electron chi connectivity index (χ2n) is 4.77. The number of pyridine rings is 1. The van der Waals surface area contributed by atoms with Crippen LogP contribution in [0.15, 0.2) is 29.6 Å². The van der Waals surface area contributed by atoms with Crippen molar-refractivity contribution in [3.63, 3.8) is 0 Å². The minimum Gasteiger partial charge on any atom is -0.354 e. The molecule has 0 atom stereocenters. The second-order valence-corrected chi connectivity index (χ2v) is 4.77. The Bertz CT molecular complexity index is 648. The highest BCUT2D eigenvalue weighted by molar-refractivity contribution is 5.78. The number of hydrogen-bond donors (Lipinski definition) is 1. The topological polar surface area (TPSA) is 76.9 Å². The summed E-state index contributed by atoms with van der Waals surface area (Å²) in [5, 5.41) is 3.23. The molecule has 0 aliphatic rings. The lowest BCUT2D eigenvalue weighted by Gasteiger charge is -2.09. The van der Waals surface area contributed by atoms with Gasteiger partial charge in [-0.25, -0.2) is 4.98 Å². The van der Waals surface area contributed by atoms with Gasteiger partial charge in [-0.2, -0.15) is 0 Å². The van der Waals surface area contributed by atoms with Crippen LogP contribution in [0.5, 0.6) is 0 Å². The van der Waals surface area contributed by atoms with Crippen molar-refractivity contribution < 1.29 is 4.79 Å². The highest BCUT2D eigenvalue weighted by Crippen LogP contribution is 2.02. The molecule has 2 aromatic rings. The van der Waals surface area contributed by atoms with Crippen molar-refractivity contribution in [1.82, 2.24) is 19.9 Å². The summed E-state index contributed by atoms with van der Waals surface area (Å²) in [6, 6.07) is 1.60. The number of aromatic nitrogens is 3. The van der Waals surface area contributed by atoms with Gasteiger partial charge < -0.3 is 5.32 Å². The van der Waals surface area contributed by atoms with E-state index in [4.69, 9.17) is 0 Å². The number of fused-ring (bicyclic) bond motifs is 1. The van der Waals surface area contributed by atoms with Crippen molar-refractivity contribution in [2.45, 2.75) is 20.4 Å². The van der Waals surface area contributed by atoms with Crippen LogP contribution in [-0.4, -0.2) is 27.0 Å². The maximum Gasteiger partial charge on any atom is 0.261 e. The molecule has 2 rings (SSSR count). The van der Waals surface area contributed by atoms with Gasteiger partial charge in [0.1, 0.15) is 6.54 Å². The monoisotopic (exact) mass is 260 g/mol. The van der Waals surface area contributed by atoms with Crippen LogP contribution in [-0.2, 0) is 11.3 Å². The van der Waals surface area contributed by atoms with Crippen molar-refractivity contribution in [3.8, 4) is 0 Å². The molecule has 1 N–H and O–H groups in total. The molecule has 6 nitrogen and oxygen atoms in total. The molecule has 0 saturated heterocycles. The molecule has 0 spiro atoms. The van der Waals surface area contributed by atoms with Gasteiger partial charge in [-0.05, 0) is 12.0 Å². The molecule has 19 heavy (non-hydrogen) atoms. The van der Waals surface area contributed by atoms with Gasteiger partial charge in [0, 0.05) is 12.7 Å². The van der Waals surface area contributed by atoms with Gasteiger partial charge in [0.25, 0.3) is 5.56 Å². The quantitative estimate of drug-likeness (QED) is 0.871. The Kier molecular flexibility index (Phi) is 3.89. The number of rotatable bonds is 4. The van der Waals surface area contributed by atoms with E-state index in [0.717, 1.165) is 0 Å². The van der Waals surface area contributed by atoms with Gasteiger partial charge in [0.05, 0.1) is 23.4 Å². The first kappa shape index (κ1) is 13.2. The van der Waals surface area contributed by atoms with Crippen LogP contribution < -0.4 is 10.9 Å². The lowest BCUT2D eigenvalue weighted by molar-refractivity contribution is -0.121. The summed E-state index contributed by atoms with van der Waals surface area (Å²) < 4.78 is 1.30. The minimum atomic E-state index is -0.230. The smallest absolute Gasteiger partial charge is 0.261 e. The highest BCUT2D eigenvalue weighted by atomic mass is 16.2. The first-order chi connectivity index (χ1) is 9.08. The number of nitrogens with zero attached hydrogens (tertiary/aromatic N) is 3. The molecule has 0 aliphatic heterocycles. The molecule has 0 radical (unpaired) electrons. The predicted molar refractivity (Wildman–Crippen MR) is 71.6 cm³/mol. The molecule has 2 aromatic heterocycles. The Morgan fingerprint density at radius 3 is 3.00 bits per heavy atom. The number of hydrogen-bond acceptors (Lipinski definition) is 4. The summed E-state index contributed by atoms with van der Waals surface area (Å²) in [5.41, 5.74) is 0.304. The first-order valence-electron chi connectivity index (χ1n) is 6.14. The van der Waals surface area contributed by atoms with Crippen LogP contribution in [0, 0.1) is 5.92 Å². The molecule has 2 heterocycles. The van der Waals surface area contributed by atoms with Crippen molar-refractivity contribution in [2.75, 3.05) is 6.54 Å². The summed E-state index contributed by atoms with van der Waals surface area (Å²) in [6.45, 7) is 4.60. The number of amides is 1. The summed E-state index contributed by atoms with van der Waals surface area (Å²) >= 11 is 0. The molecule has 6 heteroatoms. The van der Waals surface area contributed by atoms with Gasteiger partial charge in [0.2, 0.25) is 5.91 Å². The van der Waals surface area contributed by atoms with Crippen LogP contribution in [0.2, 0.25) is 0 Å². The Hall–Kier alpha value is -2.24. The highest BCUT2D eigenvalue weighted by Gasteiger charge is 2.08. The molecule has 0 bridgehead atoms. The van der Waals surface area contributed by atoms with Gasteiger partial charge in [-0.3, -0.25) is 19.1 Å². The standard InChI is InChI=1S/C13H16N4O2/c1-9(2)5-15-12(18)7-17-8-16-11-6-14-4-3-10(11)13(17)19/h3-4,6,8-9H,5,7H2,1-2H3,(H,15,18). The number of carbonyl (C=O) groups excluding carboxylic acids is 1. The van der Waals surface area contributed by atoms with E-state index >= 15 is 0 Å². The zero-order chi connectivity index (χ0) is 13.8. The molecule has 100 valence electrons. The van der Waals surface area contributed by atoms with E-state index in [1.807, 2.05) is 13.8 Å². The Labute approximate surface area is 110 Å². The summed E-state index contributed by atoms with van der Waals surface area (Å²) in [4.78, 5) is 31.8. The molecular weight excluding hydrogens is 244 g/mol. The Morgan fingerprint density at radius 2 is 2.26 bits per heavy atom. The second kappa shape index (κ2) is 5.60. The van der Waals surface area contributed by atoms with Gasteiger partial charge in [-0.1, -0.05) is 13.8 Å². The van der Waals surface area contributed by atoms with E-state index in [9.17, 15) is 9.59 Å². The SMILES string of the molecule is CC(C)CNC(=O)Cn1cnc2cnccc2c1=O. The third-order valence-electron chi connectivity index (χ3n) is 2.65. The van der Waals surface area contributed by atoms with E-state index < -0.39 is 0 Å². The Morgan fingerprint density at radius 1 is 1.47 bits per heavy atom. The lowest BCUT2D eigenvalue weighted by atomic mass is 10.2. The molecule has 0 fully saturated rings. The lowest BCUT2D eigenvalue weighted by Crippen LogP contribution is -2.34. The van der Waals surface area contributed by atoms with E-state index in [1.165, 1.54) is 23.3 Å². The molecule has 0 aliphatic carbocycles. The zero-order valence-electron chi connectivity index (χ0n) is 11.0. The van der Waals surface area contributed by atoms with E-state index in [1.54, 1.807) is 6.07 Å². The van der Waals surface area contributed by atoms with Crippen molar-refractivity contribution >= 4 is 16.8 Å². The first-order valence-corrected chi connectivity index (χ1v) is 6.14. The van der Waals surface area contributed by atoms with Gasteiger partial charge in [-0.15, -0.1) is 0 Å². The fourth-order valence-electron chi connectivity index (χ4n) is 1.65. The normalized spacial score (nSPS) is 10.9. The van der Waals surface area contributed by atoms with Crippen LogP contribution in [0.25, 0.3) is 10.9 Å². The number of nitrogens with one attached hydrogen (secondary N) is 1. The van der Waals surface area contributed by atoms with E-state index in [2.05, 4.69) is 15.3 Å².